The molecule has 0 bridgehead atoms. The van der Waals surface area contributed by atoms with Crippen LogP contribution in [0.2, 0.25) is 0 Å². The molecule has 146 valence electrons. The van der Waals surface area contributed by atoms with Crippen molar-refractivity contribution in [2.75, 3.05) is 6.66 Å². The van der Waals surface area contributed by atoms with Gasteiger partial charge in [0.05, 0.1) is 0 Å². The lowest BCUT2D eigenvalue weighted by molar-refractivity contribution is 1.46. The Morgan fingerprint density at radius 2 is 1.07 bits per heavy atom. The number of hydrogen-bond donors (Lipinski definition) is 0. The fraction of sp³-hybridized carbons (Fsp3) is 0.0690. The molecule has 0 nitrogen and oxygen atoms in total. The van der Waals surface area contributed by atoms with E-state index in [4.69, 9.17) is 0 Å². The van der Waals surface area contributed by atoms with Crippen molar-refractivity contribution in [3.63, 3.8) is 0 Å². The molecule has 0 aromatic heterocycles. The molecule has 0 fully saturated rings. The summed E-state index contributed by atoms with van der Waals surface area (Å²) < 4.78 is 0. The second-order valence-corrected chi connectivity index (χ2v) is 11.0. The van der Waals surface area contributed by atoms with E-state index in [0.717, 1.165) is 5.56 Å². The molecule has 0 spiro atoms. The van der Waals surface area contributed by atoms with E-state index in [1.54, 1.807) is 0 Å². The van der Waals surface area contributed by atoms with Crippen molar-refractivity contribution in [1.82, 2.24) is 0 Å². The number of benzene rings is 4. The van der Waals surface area contributed by atoms with Crippen molar-refractivity contribution < 1.29 is 0 Å². The topological polar surface area (TPSA) is 0 Å². The smallest absolute Gasteiger partial charge is 0.0371 e. The molecule has 4 aromatic rings. The molecule has 4 aromatic carbocycles. The first-order valence-electron chi connectivity index (χ1n) is 10.2. The maximum atomic E-state index is 3.63. The lowest BCUT2D eigenvalue weighted by Gasteiger charge is -2.26. The molecule has 0 aliphatic heterocycles. The van der Waals surface area contributed by atoms with Crippen molar-refractivity contribution in [3.8, 4) is 11.8 Å². The molecule has 0 N–H and O–H groups in total. The van der Waals surface area contributed by atoms with Crippen molar-refractivity contribution >= 4 is 22.8 Å². The van der Waals surface area contributed by atoms with Crippen LogP contribution in [0.3, 0.4) is 0 Å². The second-order valence-electron chi connectivity index (χ2n) is 7.51. The average Bonchev–Trinajstić information content (AvgIpc) is 2.82. The summed E-state index contributed by atoms with van der Waals surface area (Å²) >= 11 is 0. The van der Waals surface area contributed by atoms with Gasteiger partial charge in [0.25, 0.3) is 0 Å². The number of aryl methyl sites for hydroxylation is 1. The Labute approximate surface area is 180 Å². The van der Waals surface area contributed by atoms with Crippen LogP contribution < -0.4 is 10.6 Å². The highest BCUT2D eigenvalue weighted by atomic mass is 31.2. The average molecular weight is 404 g/mol. The van der Waals surface area contributed by atoms with E-state index in [0.29, 0.717) is 0 Å². The van der Waals surface area contributed by atoms with Crippen LogP contribution in [-0.2, 0) is 0 Å². The maximum Gasteiger partial charge on any atom is 0.0371 e. The van der Waals surface area contributed by atoms with E-state index in [9.17, 15) is 0 Å². The molecule has 30 heavy (non-hydrogen) atoms. The van der Waals surface area contributed by atoms with Crippen molar-refractivity contribution in [2.45, 2.75) is 6.92 Å². The molecule has 1 heteroatoms. The lowest BCUT2D eigenvalue weighted by Crippen LogP contribution is -2.21. The first kappa shape index (κ1) is 20.0. The Bertz CT molecular complexity index is 1180. The van der Waals surface area contributed by atoms with Gasteiger partial charge >= 0.3 is 0 Å². The maximum absolute atomic E-state index is 3.63. The van der Waals surface area contributed by atoms with Crippen LogP contribution in [0.4, 0.5) is 0 Å². The van der Waals surface area contributed by atoms with Gasteiger partial charge in [0.2, 0.25) is 0 Å². The molecule has 0 unspecified atom stereocenters. The fourth-order valence-electron chi connectivity index (χ4n) is 3.67. The third kappa shape index (κ3) is 4.18. The van der Waals surface area contributed by atoms with E-state index in [-0.39, 0.29) is 0 Å². The van der Waals surface area contributed by atoms with Gasteiger partial charge in [-0.3, -0.25) is 0 Å². The first-order valence-corrected chi connectivity index (χ1v) is 12.4. The van der Waals surface area contributed by atoms with Gasteiger partial charge in [0, 0.05) is 10.9 Å². The summed E-state index contributed by atoms with van der Waals surface area (Å²) in [4.78, 5) is 0. The summed E-state index contributed by atoms with van der Waals surface area (Å²) in [6.07, 6.45) is 0. The Hall–Kier alpha value is -3.26. The van der Waals surface area contributed by atoms with Crippen LogP contribution in [0.5, 0.6) is 0 Å². The highest BCUT2D eigenvalue weighted by molar-refractivity contribution is 7.89. The normalized spacial score (nSPS) is 10.7. The summed E-state index contributed by atoms with van der Waals surface area (Å²) in [6.45, 7) is 2.59. The Balaban J connectivity index is 2.06. The zero-order valence-corrected chi connectivity index (χ0v) is 18.3. The second kappa shape index (κ2) is 9.04. The molecular formula is C29H25P. The van der Waals surface area contributed by atoms with Crippen molar-refractivity contribution in [1.29, 1.82) is 0 Å². The number of hydrogen-bond acceptors (Lipinski definition) is 0. The molecule has 0 heterocycles. The van der Waals surface area contributed by atoms with Crippen LogP contribution in [0, 0.1) is 18.8 Å². The summed E-state index contributed by atoms with van der Waals surface area (Å²) in [6, 6.07) is 40.8. The molecule has 0 aliphatic carbocycles. The minimum Gasteiger partial charge on any atom is -0.0622 e. The summed E-state index contributed by atoms with van der Waals surface area (Å²) in [5.74, 6) is 7.08. The summed E-state index contributed by atoms with van der Waals surface area (Å²) in [5, 5.41) is 3.89. The van der Waals surface area contributed by atoms with Crippen LogP contribution in [0.15, 0.2) is 115 Å². The van der Waals surface area contributed by atoms with E-state index in [2.05, 4.69) is 141 Å². The predicted octanol–water partition coefficient (Wildman–Crippen LogP) is 5.87. The largest absolute Gasteiger partial charge is 0.0622 e. The van der Waals surface area contributed by atoms with Gasteiger partial charge in [-0.25, -0.2) is 0 Å². The van der Waals surface area contributed by atoms with E-state index in [1.165, 1.54) is 27.0 Å². The predicted molar refractivity (Wildman–Crippen MR) is 134 cm³/mol. The van der Waals surface area contributed by atoms with Crippen LogP contribution in [0.1, 0.15) is 16.7 Å². The van der Waals surface area contributed by atoms with E-state index >= 15 is 0 Å². The van der Waals surface area contributed by atoms with Gasteiger partial charge in [0.1, 0.15) is 0 Å². The third-order valence-electron chi connectivity index (χ3n) is 5.42. The van der Waals surface area contributed by atoms with Crippen molar-refractivity contribution in [2.24, 2.45) is 0 Å². The monoisotopic (exact) mass is 404 g/mol. The first-order chi connectivity index (χ1) is 14.7. The van der Waals surface area contributed by atoms with Crippen LogP contribution >= 0.6 is 6.89 Å². The summed E-state index contributed by atoms with van der Waals surface area (Å²) in [7, 11) is 0. The summed E-state index contributed by atoms with van der Waals surface area (Å²) in [5.41, 5.74) is 3.49. The van der Waals surface area contributed by atoms with Gasteiger partial charge in [-0.1, -0.05) is 121 Å². The van der Waals surface area contributed by atoms with Gasteiger partial charge in [-0.2, -0.15) is 0 Å². The molecule has 0 amide bonds. The van der Waals surface area contributed by atoms with Gasteiger partial charge in [-0.05, 0) is 48.8 Å². The van der Waals surface area contributed by atoms with Gasteiger partial charge in [-0.15, -0.1) is 0 Å². The molecule has 0 atom stereocenters. The van der Waals surface area contributed by atoms with E-state index in [1.807, 2.05) is 0 Å². The third-order valence-corrected chi connectivity index (χ3v) is 9.34. The highest BCUT2D eigenvalue weighted by Crippen LogP contribution is 2.44. The quantitative estimate of drug-likeness (QED) is 0.296. The molecular weight excluding hydrogens is 379 g/mol. The zero-order chi connectivity index (χ0) is 20.8. The molecule has 0 aliphatic rings. The molecule has 0 radical (unpaired) electrons. The standard InChI is InChI=1S/C29H25P/c1-24-18-20-25(21-19-24)22-23-29(26-12-6-3-7-13-26)30(2,27-14-8-4-9-15-27)28-16-10-5-11-17-28/h3-21H,1-2H3. The van der Waals surface area contributed by atoms with Crippen LogP contribution in [0.25, 0.3) is 0 Å². The zero-order valence-electron chi connectivity index (χ0n) is 17.4. The Kier molecular flexibility index (Phi) is 6.04. The van der Waals surface area contributed by atoms with E-state index < -0.39 is 6.89 Å². The minimum absolute atomic E-state index is 1.04. The lowest BCUT2D eigenvalue weighted by atomic mass is 10.1. The Morgan fingerprint density at radius 1 is 0.600 bits per heavy atom. The number of rotatable bonds is 3. The SMILES string of the molecule is Cc1ccc(C#CC(c2ccccc2)=P(C)(c2ccccc2)c2ccccc2)cc1. The fourth-order valence-corrected chi connectivity index (χ4v) is 6.96. The molecule has 0 saturated carbocycles. The van der Waals surface area contributed by atoms with Gasteiger partial charge < -0.3 is 0 Å². The van der Waals surface area contributed by atoms with Gasteiger partial charge in [0.15, 0.2) is 0 Å². The highest BCUT2D eigenvalue weighted by Gasteiger charge is 2.22. The molecule has 4 rings (SSSR count). The van der Waals surface area contributed by atoms with Crippen LogP contribution in [-0.4, -0.2) is 12.0 Å². The Morgan fingerprint density at radius 3 is 1.57 bits per heavy atom. The molecule has 0 saturated heterocycles. The van der Waals surface area contributed by atoms with Crippen molar-refractivity contribution in [3.05, 3.63) is 132 Å². The minimum atomic E-state index is -1.91.